The fourth-order valence-corrected chi connectivity index (χ4v) is 6.85. The van der Waals surface area contributed by atoms with Gasteiger partial charge in [-0.2, -0.15) is 0 Å². The molecule has 4 rings (SSSR count). The van der Waals surface area contributed by atoms with Crippen molar-refractivity contribution in [2.45, 2.75) is 37.8 Å². The van der Waals surface area contributed by atoms with E-state index in [4.69, 9.17) is 46.4 Å². The van der Waals surface area contributed by atoms with E-state index in [2.05, 4.69) is 5.32 Å². The predicted molar refractivity (Wildman–Crippen MR) is 182 cm³/mol. The van der Waals surface area contributed by atoms with Crippen LogP contribution in [0.3, 0.4) is 0 Å². The molecule has 2 amide bonds. The number of aryl methyl sites for hydroxylation is 1. The highest BCUT2D eigenvalue weighted by Crippen LogP contribution is 2.31. The fourth-order valence-electron chi connectivity index (χ4n) is 4.69. The molecule has 12 heteroatoms. The van der Waals surface area contributed by atoms with Gasteiger partial charge in [0, 0.05) is 29.6 Å². The van der Waals surface area contributed by atoms with E-state index in [1.165, 1.54) is 35.2 Å². The summed E-state index contributed by atoms with van der Waals surface area (Å²) in [6.07, 6.45) is 0.168. The molecule has 236 valence electrons. The maximum absolute atomic E-state index is 14.4. The summed E-state index contributed by atoms with van der Waals surface area (Å²) in [6, 6.07) is 23.7. The summed E-state index contributed by atoms with van der Waals surface area (Å²) in [4.78, 5) is 29.4. The van der Waals surface area contributed by atoms with Crippen LogP contribution in [-0.4, -0.2) is 44.3 Å². The minimum absolute atomic E-state index is 0.0242. The number of likely N-dealkylation sites (N-methyl/N-ethyl adjacent to an activating group) is 1. The van der Waals surface area contributed by atoms with Crippen LogP contribution in [0, 0.1) is 6.92 Å². The number of nitrogens with one attached hydrogen (secondary N) is 1. The average molecular weight is 708 g/mol. The van der Waals surface area contributed by atoms with Crippen molar-refractivity contribution >= 4 is 73.9 Å². The Kier molecular flexibility index (Phi) is 11.8. The molecule has 0 aromatic heterocycles. The van der Waals surface area contributed by atoms with Crippen LogP contribution >= 0.6 is 46.4 Å². The zero-order valence-corrected chi connectivity index (χ0v) is 28.4. The van der Waals surface area contributed by atoms with Gasteiger partial charge in [0.05, 0.1) is 20.6 Å². The molecule has 4 aromatic rings. The van der Waals surface area contributed by atoms with Gasteiger partial charge >= 0.3 is 0 Å². The van der Waals surface area contributed by atoms with Crippen LogP contribution in [0.15, 0.2) is 95.9 Å². The largest absolute Gasteiger partial charge is 0.355 e. The molecule has 1 N–H and O–H groups in total. The number of carbonyl (C=O) groups excluding carboxylic acids is 2. The monoisotopic (exact) mass is 705 g/mol. The molecule has 7 nitrogen and oxygen atoms in total. The quantitative estimate of drug-likeness (QED) is 0.165. The van der Waals surface area contributed by atoms with Gasteiger partial charge in [-0.15, -0.1) is 0 Å². The molecular weight excluding hydrogens is 676 g/mol. The van der Waals surface area contributed by atoms with Crippen LogP contribution in [0.2, 0.25) is 20.1 Å². The zero-order valence-electron chi connectivity index (χ0n) is 24.5. The summed E-state index contributed by atoms with van der Waals surface area (Å²) in [5.41, 5.74) is 2.32. The molecule has 0 heterocycles. The third-order valence-electron chi connectivity index (χ3n) is 7.06. The highest BCUT2D eigenvalue weighted by Gasteiger charge is 2.35. The second-order valence-corrected chi connectivity index (χ2v) is 13.8. The number of hydrogen-bond donors (Lipinski definition) is 1. The van der Waals surface area contributed by atoms with Crippen LogP contribution < -0.4 is 9.62 Å². The number of amides is 2. The van der Waals surface area contributed by atoms with Crippen LogP contribution in [0.4, 0.5) is 5.69 Å². The summed E-state index contributed by atoms with van der Waals surface area (Å²) >= 11 is 25.1. The van der Waals surface area contributed by atoms with Gasteiger partial charge in [-0.25, -0.2) is 8.42 Å². The number of anilines is 1. The van der Waals surface area contributed by atoms with Gasteiger partial charge in [-0.05, 0) is 67.4 Å². The molecule has 0 aliphatic carbocycles. The molecule has 0 unspecified atom stereocenters. The van der Waals surface area contributed by atoms with Gasteiger partial charge in [-0.1, -0.05) is 100 Å². The van der Waals surface area contributed by atoms with Crippen molar-refractivity contribution in [1.82, 2.24) is 10.2 Å². The summed E-state index contributed by atoms with van der Waals surface area (Å²) in [5, 5.41) is 3.85. The molecule has 0 bridgehead atoms. The second kappa shape index (κ2) is 15.3. The standard InChI is InChI=1S/C33H31Cl4N3O4S/c1-3-38-33(42)31(17-23-7-5-4-6-8-23)39(20-24-11-12-25(34)18-29(24)36)32(41)21-40(26-13-16-28(35)30(37)19-26)45(43,44)27-14-9-22(2)10-15-27/h4-16,18-19,31H,3,17,20-21H2,1-2H3,(H,38,42)/t31-/m0/s1. The SMILES string of the molecule is CCNC(=O)[C@H](Cc1ccccc1)N(Cc1ccc(Cl)cc1Cl)C(=O)CN(c1ccc(Cl)c(Cl)c1)S(=O)(=O)c1ccc(C)cc1. The predicted octanol–water partition coefficient (Wildman–Crippen LogP) is 7.58. The van der Waals surface area contributed by atoms with Gasteiger partial charge < -0.3 is 10.2 Å². The molecule has 0 spiro atoms. The van der Waals surface area contributed by atoms with Crippen molar-refractivity contribution in [2.75, 3.05) is 17.4 Å². The second-order valence-electron chi connectivity index (χ2n) is 10.3. The molecule has 0 radical (unpaired) electrons. The Balaban J connectivity index is 1.83. The lowest BCUT2D eigenvalue weighted by Crippen LogP contribution is -2.53. The molecule has 4 aromatic carbocycles. The molecule has 0 fully saturated rings. The molecule has 45 heavy (non-hydrogen) atoms. The number of carbonyl (C=O) groups is 2. The fraction of sp³-hybridized carbons (Fsp3) is 0.212. The topological polar surface area (TPSA) is 86.8 Å². The van der Waals surface area contributed by atoms with Gasteiger partial charge in [0.1, 0.15) is 12.6 Å². The van der Waals surface area contributed by atoms with E-state index in [0.29, 0.717) is 22.2 Å². The minimum Gasteiger partial charge on any atom is -0.355 e. The molecule has 1 atom stereocenters. The van der Waals surface area contributed by atoms with Gasteiger partial charge in [-0.3, -0.25) is 13.9 Å². The zero-order chi connectivity index (χ0) is 32.7. The third kappa shape index (κ3) is 8.71. The van der Waals surface area contributed by atoms with Gasteiger partial charge in [0.2, 0.25) is 11.8 Å². The first kappa shape index (κ1) is 34.6. The van der Waals surface area contributed by atoms with E-state index >= 15 is 0 Å². The third-order valence-corrected chi connectivity index (χ3v) is 10.2. The molecule has 0 aliphatic rings. The number of nitrogens with zero attached hydrogens (tertiary/aromatic N) is 2. The van der Waals surface area contributed by atoms with Crippen molar-refractivity contribution in [3.05, 3.63) is 128 Å². The van der Waals surface area contributed by atoms with Crippen LogP contribution in [0.5, 0.6) is 0 Å². The minimum atomic E-state index is -4.29. The normalized spacial score (nSPS) is 12.0. The molecule has 0 saturated heterocycles. The van der Waals surface area contributed by atoms with Crippen molar-refractivity contribution < 1.29 is 18.0 Å². The molecule has 0 aliphatic heterocycles. The number of benzene rings is 4. The lowest BCUT2D eigenvalue weighted by Gasteiger charge is -2.34. The highest BCUT2D eigenvalue weighted by molar-refractivity contribution is 7.92. The van der Waals surface area contributed by atoms with E-state index in [1.807, 2.05) is 37.3 Å². The number of halogens is 4. The van der Waals surface area contributed by atoms with Crippen LogP contribution in [0.25, 0.3) is 0 Å². The van der Waals surface area contributed by atoms with E-state index in [-0.39, 0.29) is 33.6 Å². The average Bonchev–Trinajstić information content (AvgIpc) is 3.00. The first-order chi connectivity index (χ1) is 21.4. The van der Waals surface area contributed by atoms with Crippen molar-refractivity contribution in [3.63, 3.8) is 0 Å². The van der Waals surface area contributed by atoms with E-state index in [0.717, 1.165) is 15.4 Å². The van der Waals surface area contributed by atoms with E-state index in [9.17, 15) is 18.0 Å². The van der Waals surface area contributed by atoms with Gasteiger partial charge in [0.15, 0.2) is 0 Å². The summed E-state index contributed by atoms with van der Waals surface area (Å²) in [6.45, 7) is 3.20. The Morgan fingerprint density at radius 3 is 2.13 bits per heavy atom. The lowest BCUT2D eigenvalue weighted by molar-refractivity contribution is -0.140. The van der Waals surface area contributed by atoms with E-state index in [1.54, 1.807) is 37.3 Å². The Morgan fingerprint density at radius 1 is 0.822 bits per heavy atom. The van der Waals surface area contributed by atoms with Crippen LogP contribution in [-0.2, 0) is 32.6 Å². The first-order valence-electron chi connectivity index (χ1n) is 14.0. The summed E-state index contributed by atoms with van der Waals surface area (Å²) in [5.74, 6) is -1.04. The number of sulfonamides is 1. The smallest absolute Gasteiger partial charge is 0.264 e. The summed E-state index contributed by atoms with van der Waals surface area (Å²) < 4.78 is 29.2. The van der Waals surface area contributed by atoms with Crippen molar-refractivity contribution in [3.8, 4) is 0 Å². The maximum Gasteiger partial charge on any atom is 0.264 e. The maximum atomic E-state index is 14.4. The van der Waals surface area contributed by atoms with Crippen molar-refractivity contribution in [2.24, 2.45) is 0 Å². The lowest BCUT2D eigenvalue weighted by atomic mass is 10.0. The number of rotatable bonds is 12. The first-order valence-corrected chi connectivity index (χ1v) is 17.0. The van der Waals surface area contributed by atoms with E-state index < -0.39 is 34.4 Å². The Labute approximate surface area is 283 Å². The molecular formula is C33H31Cl4N3O4S. The Hall–Kier alpha value is -3.27. The Morgan fingerprint density at radius 2 is 1.51 bits per heavy atom. The van der Waals surface area contributed by atoms with Gasteiger partial charge in [0.25, 0.3) is 10.0 Å². The van der Waals surface area contributed by atoms with Crippen LogP contribution in [0.1, 0.15) is 23.6 Å². The Bertz CT molecular complexity index is 1770. The summed E-state index contributed by atoms with van der Waals surface area (Å²) in [7, 11) is -4.29. The highest BCUT2D eigenvalue weighted by atomic mass is 35.5. The molecule has 0 saturated carbocycles. The number of hydrogen-bond acceptors (Lipinski definition) is 4. The van der Waals surface area contributed by atoms with Crippen molar-refractivity contribution in [1.29, 1.82) is 0 Å².